The number of allylic oxidation sites excluding steroid dienone is 3. The number of rotatable bonds is 6. The lowest BCUT2D eigenvalue weighted by molar-refractivity contribution is -0.141. The van der Waals surface area contributed by atoms with Crippen LogP contribution in [-0.2, 0) is 9.22 Å². The second-order valence-corrected chi connectivity index (χ2v) is 16.9. The van der Waals surface area contributed by atoms with Crippen molar-refractivity contribution < 1.29 is 9.22 Å². The Labute approximate surface area is 181 Å². The van der Waals surface area contributed by atoms with Crippen molar-refractivity contribution in [2.24, 2.45) is 22.7 Å². The SMILES string of the molecule is C=C1CC[C@H]2[C@](C)(CCC=C(C)C)[C@@H](O[Si](C)(C)C(C)(C)C)CC[C@]2(C)[C@@H]1C=O. The molecule has 0 N–H and O–H groups in total. The summed E-state index contributed by atoms with van der Waals surface area (Å²) in [4.78, 5) is 12.1. The molecule has 0 amide bonds. The van der Waals surface area contributed by atoms with E-state index < -0.39 is 8.32 Å². The fraction of sp³-hybridized carbons (Fsp3) is 0.808. The molecule has 0 heterocycles. The van der Waals surface area contributed by atoms with E-state index in [1.165, 1.54) is 11.9 Å². The van der Waals surface area contributed by atoms with Crippen LogP contribution in [0.4, 0.5) is 0 Å². The van der Waals surface area contributed by atoms with E-state index in [-0.39, 0.29) is 27.9 Å². The van der Waals surface area contributed by atoms with Crippen LogP contribution < -0.4 is 0 Å². The Kier molecular flexibility index (Phi) is 7.17. The molecule has 2 rings (SSSR count). The molecule has 0 bridgehead atoms. The monoisotopic (exact) mass is 418 g/mol. The van der Waals surface area contributed by atoms with Crippen molar-refractivity contribution in [3.63, 3.8) is 0 Å². The third kappa shape index (κ3) is 4.66. The van der Waals surface area contributed by atoms with Crippen molar-refractivity contribution >= 4 is 14.6 Å². The smallest absolute Gasteiger partial charge is 0.192 e. The number of carbonyl (C=O) groups is 1. The van der Waals surface area contributed by atoms with Crippen molar-refractivity contribution in [3.05, 3.63) is 23.8 Å². The minimum Gasteiger partial charge on any atom is -0.413 e. The van der Waals surface area contributed by atoms with Crippen LogP contribution in [0.5, 0.6) is 0 Å². The van der Waals surface area contributed by atoms with E-state index in [1.807, 2.05) is 0 Å². The molecule has 0 spiro atoms. The molecule has 0 radical (unpaired) electrons. The second kappa shape index (κ2) is 8.46. The van der Waals surface area contributed by atoms with Gasteiger partial charge in [0.25, 0.3) is 0 Å². The Morgan fingerprint density at radius 1 is 1.24 bits per heavy atom. The zero-order valence-corrected chi connectivity index (χ0v) is 21.7. The van der Waals surface area contributed by atoms with Gasteiger partial charge in [-0.3, -0.25) is 0 Å². The molecular weight excluding hydrogens is 372 g/mol. The van der Waals surface area contributed by atoms with E-state index in [9.17, 15) is 4.79 Å². The van der Waals surface area contributed by atoms with Gasteiger partial charge in [0, 0.05) is 5.92 Å². The van der Waals surface area contributed by atoms with Gasteiger partial charge in [0.15, 0.2) is 8.32 Å². The number of fused-ring (bicyclic) bond motifs is 1. The molecule has 0 aliphatic heterocycles. The molecular formula is C26H46O2Si. The summed E-state index contributed by atoms with van der Waals surface area (Å²) < 4.78 is 7.11. The number of aldehydes is 1. The number of hydrogen-bond donors (Lipinski definition) is 0. The molecule has 29 heavy (non-hydrogen) atoms. The summed E-state index contributed by atoms with van der Waals surface area (Å²) in [6.45, 7) is 25.3. The van der Waals surface area contributed by atoms with Gasteiger partial charge >= 0.3 is 0 Å². The van der Waals surface area contributed by atoms with Gasteiger partial charge in [-0.2, -0.15) is 0 Å². The highest BCUT2D eigenvalue weighted by atomic mass is 28.4. The second-order valence-electron chi connectivity index (χ2n) is 12.1. The zero-order valence-electron chi connectivity index (χ0n) is 20.7. The maximum Gasteiger partial charge on any atom is 0.192 e. The third-order valence-electron chi connectivity index (χ3n) is 8.79. The van der Waals surface area contributed by atoms with E-state index in [0.29, 0.717) is 5.92 Å². The Hall–Kier alpha value is -0.673. The molecule has 0 unspecified atom stereocenters. The third-order valence-corrected chi connectivity index (χ3v) is 13.3. The molecule has 3 heteroatoms. The van der Waals surface area contributed by atoms with E-state index in [4.69, 9.17) is 4.43 Å². The lowest BCUT2D eigenvalue weighted by Gasteiger charge is -2.61. The first-order chi connectivity index (χ1) is 13.2. The van der Waals surface area contributed by atoms with Gasteiger partial charge in [-0.25, -0.2) is 0 Å². The van der Waals surface area contributed by atoms with Crippen molar-refractivity contribution in [2.75, 3.05) is 0 Å². The fourth-order valence-corrected chi connectivity index (χ4v) is 7.34. The largest absolute Gasteiger partial charge is 0.413 e. The molecule has 2 aliphatic rings. The highest BCUT2D eigenvalue weighted by Gasteiger charge is 2.59. The molecule has 2 fully saturated rings. The van der Waals surface area contributed by atoms with E-state index >= 15 is 0 Å². The quantitative estimate of drug-likeness (QED) is 0.251. The minimum atomic E-state index is -1.86. The van der Waals surface area contributed by atoms with Crippen molar-refractivity contribution in [3.8, 4) is 0 Å². The van der Waals surface area contributed by atoms with Crippen molar-refractivity contribution in [2.45, 2.75) is 111 Å². The molecule has 0 aromatic rings. The van der Waals surface area contributed by atoms with Crippen LogP contribution in [0.2, 0.25) is 18.1 Å². The summed E-state index contributed by atoms with van der Waals surface area (Å²) in [5.74, 6) is 0.502. The fourth-order valence-electron chi connectivity index (χ4n) is 5.89. The molecule has 2 saturated carbocycles. The van der Waals surface area contributed by atoms with Crippen LogP contribution in [-0.4, -0.2) is 20.7 Å². The highest BCUT2D eigenvalue weighted by molar-refractivity contribution is 6.74. The maximum absolute atomic E-state index is 12.1. The first-order valence-corrected chi connectivity index (χ1v) is 14.5. The summed E-state index contributed by atoms with van der Waals surface area (Å²) in [6.07, 6.45) is 10.3. The highest BCUT2D eigenvalue weighted by Crippen LogP contribution is 2.63. The van der Waals surface area contributed by atoms with Crippen LogP contribution in [0, 0.1) is 22.7 Å². The van der Waals surface area contributed by atoms with E-state index in [0.717, 1.165) is 44.1 Å². The summed E-state index contributed by atoms with van der Waals surface area (Å²) in [5.41, 5.74) is 2.64. The summed E-state index contributed by atoms with van der Waals surface area (Å²) in [5, 5.41) is 0.209. The summed E-state index contributed by atoms with van der Waals surface area (Å²) in [6, 6.07) is 0. The van der Waals surface area contributed by atoms with Gasteiger partial charge in [0.05, 0.1) is 6.10 Å². The molecule has 5 atom stereocenters. The Bertz CT molecular complexity index is 652. The molecule has 2 nitrogen and oxygen atoms in total. The average Bonchev–Trinajstić information content (AvgIpc) is 2.56. The van der Waals surface area contributed by atoms with Gasteiger partial charge < -0.3 is 9.22 Å². The Morgan fingerprint density at radius 3 is 2.38 bits per heavy atom. The van der Waals surface area contributed by atoms with Gasteiger partial charge in [-0.1, -0.05) is 58.4 Å². The molecule has 0 aromatic carbocycles. The van der Waals surface area contributed by atoms with Gasteiger partial charge in [-0.15, -0.1) is 0 Å². The van der Waals surface area contributed by atoms with Crippen molar-refractivity contribution in [1.82, 2.24) is 0 Å². The van der Waals surface area contributed by atoms with E-state index in [1.54, 1.807) is 0 Å². The standard InChI is InChI=1S/C26H46O2Si/c1-19(2)12-11-16-26(8)22-14-13-20(3)21(18-27)25(22,7)17-15-23(26)28-29(9,10)24(4,5)6/h12,18,21-23H,3,11,13-17H2,1-2,4-10H3/t21-,22-,23+,25-,26+/m1/s1. The minimum absolute atomic E-state index is 0.00199. The number of hydrogen-bond acceptors (Lipinski definition) is 2. The zero-order chi connectivity index (χ0) is 22.3. The summed E-state index contributed by atoms with van der Waals surface area (Å²) >= 11 is 0. The predicted octanol–water partition coefficient (Wildman–Crippen LogP) is 7.71. The van der Waals surface area contributed by atoms with Crippen LogP contribution in [0.3, 0.4) is 0 Å². The first kappa shape index (κ1) is 24.6. The van der Waals surface area contributed by atoms with Crippen LogP contribution in [0.1, 0.15) is 87.0 Å². The predicted molar refractivity (Wildman–Crippen MR) is 128 cm³/mol. The first-order valence-electron chi connectivity index (χ1n) is 11.6. The van der Waals surface area contributed by atoms with Crippen LogP contribution in [0.15, 0.2) is 23.8 Å². The van der Waals surface area contributed by atoms with E-state index in [2.05, 4.69) is 74.2 Å². The lowest BCUT2D eigenvalue weighted by atomic mass is 9.46. The number of carbonyl (C=O) groups excluding carboxylic acids is 1. The lowest BCUT2D eigenvalue weighted by Crippen LogP contribution is -2.59. The van der Waals surface area contributed by atoms with Crippen molar-refractivity contribution in [1.29, 1.82) is 0 Å². The maximum atomic E-state index is 12.1. The Morgan fingerprint density at radius 2 is 1.86 bits per heavy atom. The average molecular weight is 419 g/mol. The summed E-state index contributed by atoms with van der Waals surface area (Å²) in [7, 11) is -1.86. The van der Waals surface area contributed by atoms with Crippen LogP contribution in [0.25, 0.3) is 0 Å². The van der Waals surface area contributed by atoms with Crippen LogP contribution >= 0.6 is 0 Å². The van der Waals surface area contributed by atoms with Gasteiger partial charge in [0.1, 0.15) is 6.29 Å². The van der Waals surface area contributed by atoms with Gasteiger partial charge in [-0.05, 0) is 87.3 Å². The topological polar surface area (TPSA) is 26.3 Å². The molecule has 2 aliphatic carbocycles. The Balaban J connectivity index is 2.44. The molecule has 0 saturated heterocycles. The molecule has 166 valence electrons. The molecule has 0 aromatic heterocycles. The normalized spacial score (nSPS) is 35.8. The van der Waals surface area contributed by atoms with Gasteiger partial charge in [0.2, 0.25) is 0 Å².